The fraction of sp³-hybridized carbons (Fsp3) is 0.571. The normalized spacial score (nSPS) is 15.8. The lowest BCUT2D eigenvalue weighted by Crippen LogP contribution is -2.39. The summed E-state index contributed by atoms with van der Waals surface area (Å²) in [6, 6.07) is 1.46. The molecule has 2 rings (SSSR count). The van der Waals surface area contributed by atoms with Crippen molar-refractivity contribution in [1.29, 1.82) is 0 Å². The number of ether oxygens (including phenoxy) is 1. The number of rotatable bonds is 8. The fourth-order valence-electron chi connectivity index (χ4n) is 2.28. The third-order valence-corrected chi connectivity index (χ3v) is 3.58. The van der Waals surface area contributed by atoms with Crippen LogP contribution in [0.2, 0.25) is 0 Å². The number of aromatic amines is 1. The quantitative estimate of drug-likeness (QED) is 0.622. The molecular weight excluding hydrogens is 260 g/mol. The number of carbonyl (C=O) groups excluding carboxylic acids is 1. The van der Waals surface area contributed by atoms with E-state index in [9.17, 15) is 9.59 Å². The van der Waals surface area contributed by atoms with E-state index in [1.165, 1.54) is 20.0 Å². The van der Waals surface area contributed by atoms with Crippen molar-refractivity contribution in [2.45, 2.75) is 31.7 Å². The largest absolute Gasteiger partial charge is 0.477 e. The first-order valence-corrected chi connectivity index (χ1v) is 6.82. The Bertz CT molecular complexity index is 479. The number of nitrogens with one attached hydrogen (secondary N) is 2. The lowest BCUT2D eigenvalue weighted by atomic mass is 10.1. The van der Waals surface area contributed by atoms with Crippen molar-refractivity contribution in [1.82, 2.24) is 10.3 Å². The predicted octanol–water partition coefficient (Wildman–Crippen LogP) is 1.19. The number of aromatic carboxylic acids is 1. The maximum atomic E-state index is 11.7. The minimum absolute atomic E-state index is 0.212. The second kappa shape index (κ2) is 6.56. The van der Waals surface area contributed by atoms with Gasteiger partial charge in [-0.2, -0.15) is 0 Å². The number of esters is 1. The van der Waals surface area contributed by atoms with Crippen LogP contribution in [0, 0.1) is 5.92 Å². The van der Waals surface area contributed by atoms with Crippen LogP contribution in [0.3, 0.4) is 0 Å². The average molecular weight is 280 g/mol. The molecule has 1 saturated carbocycles. The molecule has 110 valence electrons. The van der Waals surface area contributed by atoms with Crippen molar-refractivity contribution in [3.8, 4) is 0 Å². The van der Waals surface area contributed by atoms with Gasteiger partial charge in [-0.15, -0.1) is 0 Å². The zero-order valence-electron chi connectivity index (χ0n) is 11.5. The van der Waals surface area contributed by atoms with E-state index in [0.29, 0.717) is 18.9 Å². The van der Waals surface area contributed by atoms with Crippen molar-refractivity contribution in [3.05, 3.63) is 23.5 Å². The Morgan fingerprint density at radius 2 is 2.30 bits per heavy atom. The highest BCUT2D eigenvalue weighted by Gasteiger charge is 2.29. The summed E-state index contributed by atoms with van der Waals surface area (Å²) in [4.78, 5) is 25.3. The van der Waals surface area contributed by atoms with Crippen LogP contribution in [-0.2, 0) is 16.0 Å². The molecule has 1 aliphatic rings. The minimum Gasteiger partial charge on any atom is -0.477 e. The lowest BCUT2D eigenvalue weighted by molar-refractivity contribution is -0.143. The summed E-state index contributed by atoms with van der Waals surface area (Å²) < 4.78 is 4.79. The van der Waals surface area contributed by atoms with Crippen LogP contribution >= 0.6 is 0 Å². The van der Waals surface area contributed by atoms with Crippen molar-refractivity contribution < 1.29 is 19.4 Å². The molecule has 0 bridgehead atoms. The molecule has 1 aromatic heterocycles. The van der Waals surface area contributed by atoms with Gasteiger partial charge in [0.25, 0.3) is 0 Å². The van der Waals surface area contributed by atoms with Crippen molar-refractivity contribution in [2.24, 2.45) is 5.92 Å². The summed E-state index contributed by atoms with van der Waals surface area (Å²) in [5.41, 5.74) is 0.948. The Morgan fingerprint density at radius 1 is 1.55 bits per heavy atom. The van der Waals surface area contributed by atoms with Crippen LogP contribution in [0.5, 0.6) is 0 Å². The monoisotopic (exact) mass is 280 g/mol. The fourth-order valence-corrected chi connectivity index (χ4v) is 2.28. The number of methoxy groups -OCH3 is 1. The van der Waals surface area contributed by atoms with E-state index in [2.05, 4.69) is 10.3 Å². The van der Waals surface area contributed by atoms with Crippen LogP contribution in [0.15, 0.2) is 12.3 Å². The number of hydrogen-bond donors (Lipinski definition) is 3. The molecule has 0 aromatic carbocycles. The molecule has 1 atom stereocenters. The number of aromatic nitrogens is 1. The molecular formula is C14H20N2O4. The summed E-state index contributed by atoms with van der Waals surface area (Å²) >= 11 is 0. The highest BCUT2D eigenvalue weighted by Crippen LogP contribution is 2.33. The van der Waals surface area contributed by atoms with Crippen LogP contribution in [0.1, 0.15) is 35.3 Å². The van der Waals surface area contributed by atoms with Crippen LogP contribution in [0.4, 0.5) is 0 Å². The van der Waals surface area contributed by atoms with Gasteiger partial charge in [0.15, 0.2) is 0 Å². The van der Waals surface area contributed by atoms with Gasteiger partial charge >= 0.3 is 11.9 Å². The van der Waals surface area contributed by atoms with Gasteiger partial charge < -0.3 is 20.1 Å². The number of hydrogen-bond acceptors (Lipinski definition) is 4. The SMILES string of the molecule is COC(=O)[C@H](CC1CC1)NCCc1cc[nH]c1C(=O)O. The van der Waals surface area contributed by atoms with E-state index in [0.717, 1.165) is 12.0 Å². The van der Waals surface area contributed by atoms with Crippen molar-refractivity contribution >= 4 is 11.9 Å². The molecule has 1 aliphatic carbocycles. The average Bonchev–Trinajstić information content (AvgIpc) is 3.11. The van der Waals surface area contributed by atoms with E-state index >= 15 is 0 Å². The number of carboxylic acids is 1. The van der Waals surface area contributed by atoms with Crippen LogP contribution in [0.25, 0.3) is 0 Å². The smallest absolute Gasteiger partial charge is 0.352 e. The van der Waals surface area contributed by atoms with E-state index in [-0.39, 0.29) is 17.7 Å². The second-order valence-electron chi connectivity index (χ2n) is 5.14. The maximum absolute atomic E-state index is 11.7. The molecule has 1 heterocycles. The van der Waals surface area contributed by atoms with Crippen molar-refractivity contribution in [3.63, 3.8) is 0 Å². The van der Waals surface area contributed by atoms with E-state index in [1.54, 1.807) is 12.3 Å². The first-order chi connectivity index (χ1) is 9.61. The number of H-pyrrole nitrogens is 1. The van der Waals surface area contributed by atoms with Crippen molar-refractivity contribution in [2.75, 3.05) is 13.7 Å². The van der Waals surface area contributed by atoms with Gasteiger partial charge in [0.2, 0.25) is 0 Å². The molecule has 0 spiro atoms. The highest BCUT2D eigenvalue weighted by molar-refractivity contribution is 5.87. The zero-order chi connectivity index (χ0) is 14.5. The highest BCUT2D eigenvalue weighted by atomic mass is 16.5. The zero-order valence-corrected chi connectivity index (χ0v) is 11.5. The Morgan fingerprint density at radius 3 is 2.90 bits per heavy atom. The first-order valence-electron chi connectivity index (χ1n) is 6.82. The number of carboxylic acid groups (broad SMARTS) is 1. The van der Waals surface area contributed by atoms with E-state index in [4.69, 9.17) is 9.84 Å². The maximum Gasteiger partial charge on any atom is 0.352 e. The molecule has 3 N–H and O–H groups in total. The lowest BCUT2D eigenvalue weighted by Gasteiger charge is -2.16. The minimum atomic E-state index is -0.965. The molecule has 0 aliphatic heterocycles. The van der Waals surface area contributed by atoms with Gasteiger partial charge in [-0.25, -0.2) is 4.79 Å². The molecule has 1 aromatic rings. The van der Waals surface area contributed by atoms with Gasteiger partial charge in [-0.1, -0.05) is 12.8 Å². The summed E-state index contributed by atoms with van der Waals surface area (Å²) in [7, 11) is 1.39. The van der Waals surface area contributed by atoms with Gasteiger partial charge in [-0.3, -0.25) is 4.79 Å². The number of carbonyl (C=O) groups is 2. The van der Waals surface area contributed by atoms with Gasteiger partial charge in [0.05, 0.1) is 7.11 Å². The molecule has 20 heavy (non-hydrogen) atoms. The Kier molecular flexibility index (Phi) is 4.79. The molecule has 6 heteroatoms. The third kappa shape index (κ3) is 3.84. The van der Waals surface area contributed by atoms with E-state index < -0.39 is 5.97 Å². The second-order valence-corrected chi connectivity index (χ2v) is 5.14. The Hall–Kier alpha value is -1.82. The molecule has 0 radical (unpaired) electrons. The molecule has 0 saturated heterocycles. The van der Waals surface area contributed by atoms with Crippen LogP contribution in [-0.4, -0.2) is 41.7 Å². The summed E-state index contributed by atoms with van der Waals surface area (Å²) in [6.45, 7) is 0.546. The Labute approximate surface area is 117 Å². The molecule has 6 nitrogen and oxygen atoms in total. The van der Waals surface area contributed by atoms with Gasteiger partial charge in [0, 0.05) is 12.7 Å². The molecule has 0 amide bonds. The van der Waals surface area contributed by atoms with Gasteiger partial charge in [0.1, 0.15) is 11.7 Å². The molecule has 1 fully saturated rings. The first kappa shape index (κ1) is 14.6. The summed E-state index contributed by atoms with van der Waals surface area (Å²) in [5, 5.41) is 12.2. The van der Waals surface area contributed by atoms with Crippen LogP contribution < -0.4 is 5.32 Å². The molecule has 0 unspecified atom stereocenters. The summed E-state index contributed by atoms with van der Waals surface area (Å²) in [6.07, 6.45) is 5.32. The summed E-state index contributed by atoms with van der Waals surface area (Å²) in [5.74, 6) is -0.592. The Balaban J connectivity index is 1.84. The third-order valence-electron chi connectivity index (χ3n) is 3.58. The van der Waals surface area contributed by atoms with Gasteiger partial charge in [-0.05, 0) is 30.4 Å². The predicted molar refractivity (Wildman–Crippen MR) is 72.6 cm³/mol. The van der Waals surface area contributed by atoms with E-state index in [1.807, 2.05) is 0 Å². The topological polar surface area (TPSA) is 91.4 Å². The standard InChI is InChI=1S/C14H20N2O4/c1-20-14(19)11(8-9-2-3-9)15-6-4-10-5-7-16-12(10)13(17)18/h5,7,9,11,15-16H,2-4,6,8H2,1H3,(H,17,18)/t11-/m0/s1.